The predicted octanol–water partition coefficient (Wildman–Crippen LogP) is -7.48. The van der Waals surface area contributed by atoms with Gasteiger partial charge in [-0.15, -0.1) is 0 Å². The van der Waals surface area contributed by atoms with Gasteiger partial charge in [0, 0.05) is 0 Å². The van der Waals surface area contributed by atoms with Crippen molar-refractivity contribution in [2.45, 2.75) is 92.1 Å². The fraction of sp³-hybridized carbons (Fsp3) is 0.944. The average Bonchev–Trinajstić information content (AvgIpc) is 2.82. The Morgan fingerprint density at radius 1 is 0.657 bits per heavy atom. The zero-order valence-electron chi connectivity index (χ0n) is 17.9. The van der Waals surface area contributed by atoms with Crippen LogP contribution in [-0.2, 0) is 28.5 Å². The van der Waals surface area contributed by atoms with E-state index in [4.69, 9.17) is 23.7 Å². The Morgan fingerprint density at radius 3 is 1.86 bits per heavy atom. The van der Waals surface area contributed by atoms with Crippen molar-refractivity contribution in [1.82, 2.24) is 0 Å². The third-order valence-corrected chi connectivity index (χ3v) is 6.04. The monoisotopic (exact) mass is 518 g/mol. The summed E-state index contributed by atoms with van der Waals surface area (Å²) in [6.45, 7) is -1.53. The van der Waals surface area contributed by atoms with Gasteiger partial charge in [-0.3, -0.25) is 0 Å². The van der Waals surface area contributed by atoms with Crippen molar-refractivity contribution in [3.05, 3.63) is 0 Å². The third-order valence-electron chi connectivity index (χ3n) is 6.04. The molecule has 3 aliphatic heterocycles. The fourth-order valence-electron chi connectivity index (χ4n) is 3.91. The molecule has 17 nitrogen and oxygen atoms in total. The van der Waals surface area contributed by atoms with Crippen LogP contribution in [0.2, 0.25) is 0 Å². The molecule has 0 aromatic heterocycles. The van der Waals surface area contributed by atoms with Gasteiger partial charge in [0.05, 0.1) is 13.2 Å². The smallest absolute Gasteiger partial charge is 0.335 e. The number of hydrogen-bond donors (Lipinski definition) is 11. The predicted molar refractivity (Wildman–Crippen MR) is 102 cm³/mol. The summed E-state index contributed by atoms with van der Waals surface area (Å²) >= 11 is 0. The molecule has 0 saturated carbocycles. The van der Waals surface area contributed by atoms with E-state index >= 15 is 0 Å². The summed E-state index contributed by atoms with van der Waals surface area (Å²) in [7, 11) is 0. The molecule has 3 heterocycles. The quantitative estimate of drug-likeness (QED) is 0.149. The van der Waals surface area contributed by atoms with E-state index in [2.05, 4.69) is 0 Å². The van der Waals surface area contributed by atoms with Crippen LogP contribution in [0.1, 0.15) is 0 Å². The molecular weight excluding hydrogens is 488 g/mol. The molecule has 0 aromatic carbocycles. The lowest BCUT2D eigenvalue weighted by molar-refractivity contribution is -0.369. The van der Waals surface area contributed by atoms with Crippen LogP contribution in [0, 0.1) is 0 Å². The maximum atomic E-state index is 11.4. The van der Waals surface area contributed by atoms with E-state index in [1.807, 2.05) is 0 Å². The Labute approximate surface area is 196 Å². The minimum absolute atomic E-state index is 0.726. The van der Waals surface area contributed by atoms with Gasteiger partial charge in [-0.25, -0.2) is 4.79 Å². The Balaban J connectivity index is 1.77. The maximum Gasteiger partial charge on any atom is 0.335 e. The molecule has 3 aliphatic rings. The van der Waals surface area contributed by atoms with Crippen LogP contribution in [0.5, 0.6) is 0 Å². The number of ether oxygens (including phenoxy) is 5. The normalized spacial score (nSPS) is 51.2. The molecular formula is C18H30O17. The molecule has 3 fully saturated rings. The van der Waals surface area contributed by atoms with Gasteiger partial charge in [-0.2, -0.15) is 0 Å². The molecule has 3 rings (SSSR count). The van der Waals surface area contributed by atoms with Crippen molar-refractivity contribution in [3.8, 4) is 0 Å². The van der Waals surface area contributed by atoms with Crippen LogP contribution in [-0.4, -0.2) is 167 Å². The van der Waals surface area contributed by atoms with Gasteiger partial charge in [0.25, 0.3) is 0 Å². The van der Waals surface area contributed by atoms with Gasteiger partial charge in [-0.05, 0) is 0 Å². The first-order chi connectivity index (χ1) is 16.4. The summed E-state index contributed by atoms with van der Waals surface area (Å²) in [5.41, 5.74) is 0. The Bertz CT molecular complexity index is 709. The topological polar surface area (TPSA) is 286 Å². The lowest BCUT2D eigenvalue weighted by Crippen LogP contribution is -2.65. The second-order valence-electron chi connectivity index (χ2n) is 8.41. The molecule has 0 aromatic rings. The number of aliphatic hydroxyl groups excluding tert-OH is 10. The van der Waals surface area contributed by atoms with Gasteiger partial charge in [0.2, 0.25) is 0 Å². The minimum atomic E-state index is -2.07. The number of aliphatic hydroxyl groups is 10. The molecule has 0 bridgehead atoms. The summed E-state index contributed by atoms with van der Waals surface area (Å²) in [4.78, 5) is 11.4. The maximum absolute atomic E-state index is 11.4. The van der Waals surface area contributed by atoms with Gasteiger partial charge < -0.3 is 79.9 Å². The van der Waals surface area contributed by atoms with Gasteiger partial charge in [-0.1, -0.05) is 0 Å². The third kappa shape index (κ3) is 5.74. The molecule has 0 aliphatic carbocycles. The van der Waals surface area contributed by atoms with Gasteiger partial charge >= 0.3 is 5.97 Å². The summed E-state index contributed by atoms with van der Waals surface area (Å²) in [6.07, 6.45) is -27.4. The fourth-order valence-corrected chi connectivity index (χ4v) is 3.91. The van der Waals surface area contributed by atoms with E-state index in [9.17, 15) is 61.0 Å². The van der Waals surface area contributed by atoms with Crippen LogP contribution in [0.15, 0.2) is 0 Å². The highest BCUT2D eigenvalue weighted by Gasteiger charge is 2.53. The van der Waals surface area contributed by atoms with E-state index in [1.165, 1.54) is 0 Å². The number of carboxylic acid groups (broad SMARTS) is 1. The number of rotatable bonds is 7. The highest BCUT2D eigenvalue weighted by molar-refractivity contribution is 5.73. The molecule has 0 spiro atoms. The Hall–Kier alpha value is -1.13. The van der Waals surface area contributed by atoms with Crippen LogP contribution in [0.25, 0.3) is 0 Å². The van der Waals surface area contributed by atoms with E-state index in [1.54, 1.807) is 0 Å². The summed E-state index contributed by atoms with van der Waals surface area (Å²) in [6, 6.07) is 0. The first-order valence-electron chi connectivity index (χ1n) is 10.6. The molecule has 17 heteroatoms. The Kier molecular flexibility index (Phi) is 9.35. The SMILES string of the molecule is O=C(O)[C@H]1O[C@@H](OC[C@H]2O[C@@H](O)[C@H](O)[C@@H](O)[C@@H]2O)[C@H](O[C@@H]2O[C@H](CO)[C@@H](O)[C@H](O)[C@H]2O)[C@@H](O)[C@@H]1O. The molecule has 11 N–H and O–H groups in total. The summed E-state index contributed by atoms with van der Waals surface area (Å²) in [5, 5.41) is 108. The zero-order valence-corrected chi connectivity index (χ0v) is 17.9. The second-order valence-corrected chi connectivity index (χ2v) is 8.41. The molecule has 204 valence electrons. The van der Waals surface area contributed by atoms with Crippen molar-refractivity contribution in [3.63, 3.8) is 0 Å². The molecule has 15 atom stereocenters. The molecule has 35 heavy (non-hydrogen) atoms. The summed E-state index contributed by atoms with van der Waals surface area (Å²) in [5.74, 6) is -1.70. The number of hydrogen-bond acceptors (Lipinski definition) is 16. The van der Waals surface area contributed by atoms with Crippen molar-refractivity contribution in [1.29, 1.82) is 0 Å². The molecule has 3 saturated heterocycles. The van der Waals surface area contributed by atoms with E-state index in [0.717, 1.165) is 0 Å². The molecule has 0 radical (unpaired) electrons. The largest absolute Gasteiger partial charge is 0.479 e. The van der Waals surface area contributed by atoms with Gasteiger partial charge in [0.15, 0.2) is 25.0 Å². The molecule has 0 unspecified atom stereocenters. The highest BCUT2D eigenvalue weighted by atomic mass is 16.8. The number of aliphatic carboxylic acids is 1. The lowest BCUT2D eigenvalue weighted by atomic mass is 9.97. The van der Waals surface area contributed by atoms with E-state index < -0.39 is 111 Å². The first-order valence-corrected chi connectivity index (χ1v) is 10.6. The Morgan fingerprint density at radius 2 is 1.26 bits per heavy atom. The second kappa shape index (κ2) is 11.5. The van der Waals surface area contributed by atoms with Crippen molar-refractivity contribution < 1.29 is 84.7 Å². The standard InChI is InChI=1S/C18H30O17/c19-1-3-5(20)8(23)12(27)17(33-3)35-14-10(25)9(24)13(15(28)29)34-18(14)31-2-4-6(21)7(22)11(26)16(30)32-4/h3-14,16-27,30H,1-2H2,(H,28,29)/t3-,4-,5-,6-,7+,8+,9+,10+,11-,12-,13+,14-,16-,17+,18-/m1/s1. The van der Waals surface area contributed by atoms with Crippen LogP contribution in [0.3, 0.4) is 0 Å². The van der Waals surface area contributed by atoms with Crippen molar-refractivity contribution >= 4 is 5.97 Å². The van der Waals surface area contributed by atoms with E-state index in [-0.39, 0.29) is 0 Å². The molecule has 0 amide bonds. The first kappa shape index (κ1) is 28.4. The van der Waals surface area contributed by atoms with Crippen molar-refractivity contribution in [2.75, 3.05) is 13.2 Å². The highest BCUT2D eigenvalue weighted by Crippen LogP contribution is 2.30. The number of carboxylic acids is 1. The zero-order chi connectivity index (χ0) is 26.2. The average molecular weight is 518 g/mol. The lowest BCUT2D eigenvalue weighted by Gasteiger charge is -2.46. The van der Waals surface area contributed by atoms with Crippen LogP contribution >= 0.6 is 0 Å². The summed E-state index contributed by atoms with van der Waals surface area (Å²) < 4.78 is 26.0. The van der Waals surface area contributed by atoms with Gasteiger partial charge in [0.1, 0.15) is 67.1 Å². The van der Waals surface area contributed by atoms with Crippen LogP contribution in [0.4, 0.5) is 0 Å². The van der Waals surface area contributed by atoms with E-state index in [0.29, 0.717) is 0 Å². The minimum Gasteiger partial charge on any atom is -0.479 e. The number of carbonyl (C=O) groups is 1. The van der Waals surface area contributed by atoms with Crippen LogP contribution < -0.4 is 0 Å². The van der Waals surface area contributed by atoms with Crippen molar-refractivity contribution in [2.24, 2.45) is 0 Å².